The van der Waals surface area contributed by atoms with E-state index in [0.29, 0.717) is 0 Å². The van der Waals surface area contributed by atoms with E-state index >= 15 is 0 Å². The molecule has 0 aromatic carbocycles. The highest BCUT2D eigenvalue weighted by Crippen LogP contribution is 2.27. The first kappa shape index (κ1) is 12.7. The van der Waals surface area contributed by atoms with Gasteiger partial charge in [-0.25, -0.2) is 0 Å². The van der Waals surface area contributed by atoms with E-state index in [9.17, 15) is 0 Å². The highest BCUT2D eigenvalue weighted by atomic mass is 32.2. The van der Waals surface area contributed by atoms with Gasteiger partial charge in [0.15, 0.2) is 0 Å². The van der Waals surface area contributed by atoms with Crippen molar-refractivity contribution in [1.29, 1.82) is 0 Å². The van der Waals surface area contributed by atoms with Crippen molar-refractivity contribution < 1.29 is 4.74 Å². The van der Waals surface area contributed by atoms with Crippen LogP contribution >= 0.6 is 11.8 Å². The van der Waals surface area contributed by atoms with Gasteiger partial charge >= 0.3 is 0 Å². The normalized spacial score (nSPS) is 32.8. The first-order valence-corrected chi connectivity index (χ1v) is 8.01. The van der Waals surface area contributed by atoms with Crippen LogP contribution in [-0.2, 0) is 4.74 Å². The summed E-state index contributed by atoms with van der Waals surface area (Å²) in [4.78, 5) is 0. The van der Waals surface area contributed by atoms with Crippen molar-refractivity contribution in [2.24, 2.45) is 5.92 Å². The standard InChI is InChI=1S/C13H25NOS/c1-16-13-4-2-3-12(9-13)14-10-11-5-7-15-8-6-11/h11-14H,2-10H2,1H3. The molecule has 2 unspecified atom stereocenters. The Morgan fingerprint density at radius 2 is 2.00 bits per heavy atom. The second-order valence-corrected chi connectivity index (χ2v) is 6.32. The van der Waals surface area contributed by atoms with Gasteiger partial charge in [0.2, 0.25) is 0 Å². The van der Waals surface area contributed by atoms with Crippen LogP contribution < -0.4 is 5.32 Å². The van der Waals surface area contributed by atoms with E-state index in [2.05, 4.69) is 23.3 Å². The molecule has 2 nitrogen and oxygen atoms in total. The summed E-state index contributed by atoms with van der Waals surface area (Å²) in [5.74, 6) is 0.864. The Bertz CT molecular complexity index is 194. The fraction of sp³-hybridized carbons (Fsp3) is 1.00. The molecule has 1 heterocycles. The Hall–Kier alpha value is 0.270. The Kier molecular flexibility index (Phi) is 5.46. The smallest absolute Gasteiger partial charge is 0.0469 e. The number of rotatable bonds is 4. The summed E-state index contributed by atoms with van der Waals surface area (Å²) in [6.07, 6.45) is 10.4. The summed E-state index contributed by atoms with van der Waals surface area (Å²) in [5.41, 5.74) is 0. The van der Waals surface area contributed by atoms with Gasteiger partial charge in [0.05, 0.1) is 0 Å². The van der Waals surface area contributed by atoms with Gasteiger partial charge in [-0.2, -0.15) is 11.8 Å². The van der Waals surface area contributed by atoms with Crippen molar-refractivity contribution in [3.8, 4) is 0 Å². The largest absolute Gasteiger partial charge is 0.381 e. The third-order valence-electron chi connectivity index (χ3n) is 4.00. The zero-order chi connectivity index (χ0) is 11.2. The predicted octanol–water partition coefficient (Wildman–Crippen LogP) is 2.68. The van der Waals surface area contributed by atoms with Crippen molar-refractivity contribution in [3.05, 3.63) is 0 Å². The third kappa shape index (κ3) is 3.94. The third-order valence-corrected chi connectivity index (χ3v) is 5.09. The minimum Gasteiger partial charge on any atom is -0.381 e. The second kappa shape index (κ2) is 6.87. The molecule has 1 N–H and O–H groups in total. The molecule has 1 aliphatic carbocycles. The monoisotopic (exact) mass is 243 g/mol. The molecule has 0 bridgehead atoms. The minimum atomic E-state index is 0.786. The lowest BCUT2D eigenvalue weighted by molar-refractivity contribution is 0.0650. The summed E-state index contributed by atoms with van der Waals surface area (Å²) >= 11 is 2.05. The zero-order valence-corrected chi connectivity index (χ0v) is 11.2. The summed E-state index contributed by atoms with van der Waals surface area (Å²) < 4.78 is 5.39. The molecule has 2 rings (SSSR count). The molecular formula is C13H25NOS. The van der Waals surface area contributed by atoms with E-state index < -0.39 is 0 Å². The molecule has 0 aromatic heterocycles. The predicted molar refractivity (Wildman–Crippen MR) is 71.1 cm³/mol. The molecule has 1 aliphatic heterocycles. The van der Waals surface area contributed by atoms with Crippen LogP contribution in [0.25, 0.3) is 0 Å². The number of ether oxygens (including phenoxy) is 1. The first-order valence-electron chi connectivity index (χ1n) is 6.72. The summed E-state index contributed by atoms with van der Waals surface area (Å²) in [5, 5.41) is 4.69. The van der Waals surface area contributed by atoms with E-state index in [4.69, 9.17) is 4.74 Å². The van der Waals surface area contributed by atoms with E-state index in [-0.39, 0.29) is 0 Å². The molecule has 0 spiro atoms. The summed E-state index contributed by atoms with van der Waals surface area (Å²) in [6, 6.07) is 0.786. The SMILES string of the molecule is CSC1CCCC(NCC2CCOCC2)C1. The van der Waals surface area contributed by atoms with Crippen LogP contribution in [0, 0.1) is 5.92 Å². The average molecular weight is 243 g/mol. The Balaban J connectivity index is 1.64. The molecule has 3 heteroatoms. The Labute approximate surface area is 104 Å². The van der Waals surface area contributed by atoms with Crippen molar-refractivity contribution in [2.45, 2.75) is 49.8 Å². The molecule has 2 atom stereocenters. The minimum absolute atomic E-state index is 0.786. The van der Waals surface area contributed by atoms with E-state index in [0.717, 1.165) is 30.4 Å². The molecule has 0 aromatic rings. The molecule has 2 fully saturated rings. The van der Waals surface area contributed by atoms with Gasteiger partial charge in [-0.3, -0.25) is 0 Å². The highest BCUT2D eigenvalue weighted by molar-refractivity contribution is 7.99. The van der Waals surface area contributed by atoms with Crippen LogP contribution in [0.15, 0.2) is 0 Å². The molecular weight excluding hydrogens is 218 g/mol. The number of hydrogen-bond donors (Lipinski definition) is 1. The molecule has 94 valence electrons. The van der Waals surface area contributed by atoms with Crippen molar-refractivity contribution in [3.63, 3.8) is 0 Å². The van der Waals surface area contributed by atoms with Crippen LogP contribution in [0.5, 0.6) is 0 Å². The fourth-order valence-corrected chi connectivity index (χ4v) is 3.66. The number of hydrogen-bond acceptors (Lipinski definition) is 3. The zero-order valence-electron chi connectivity index (χ0n) is 10.4. The van der Waals surface area contributed by atoms with Gasteiger partial charge in [0.1, 0.15) is 0 Å². The molecule has 16 heavy (non-hydrogen) atoms. The van der Waals surface area contributed by atoms with Crippen LogP contribution in [0.2, 0.25) is 0 Å². The lowest BCUT2D eigenvalue weighted by atomic mass is 9.93. The van der Waals surface area contributed by atoms with Gasteiger partial charge in [0.25, 0.3) is 0 Å². The topological polar surface area (TPSA) is 21.3 Å². The number of nitrogens with one attached hydrogen (secondary N) is 1. The maximum absolute atomic E-state index is 5.39. The van der Waals surface area contributed by atoms with Crippen LogP contribution in [0.4, 0.5) is 0 Å². The molecule has 1 saturated heterocycles. The van der Waals surface area contributed by atoms with Crippen molar-refractivity contribution in [2.75, 3.05) is 26.0 Å². The maximum atomic E-state index is 5.39. The highest BCUT2D eigenvalue weighted by Gasteiger charge is 2.22. The van der Waals surface area contributed by atoms with E-state index in [1.807, 2.05) is 0 Å². The van der Waals surface area contributed by atoms with E-state index in [1.165, 1.54) is 45.1 Å². The maximum Gasteiger partial charge on any atom is 0.0469 e. The Morgan fingerprint density at radius 1 is 1.19 bits per heavy atom. The quantitative estimate of drug-likeness (QED) is 0.820. The second-order valence-electron chi connectivity index (χ2n) is 5.19. The van der Waals surface area contributed by atoms with Crippen molar-refractivity contribution >= 4 is 11.8 Å². The lowest BCUT2D eigenvalue weighted by Gasteiger charge is -2.31. The van der Waals surface area contributed by atoms with Gasteiger partial charge in [0, 0.05) is 24.5 Å². The first-order chi connectivity index (χ1) is 7.88. The van der Waals surface area contributed by atoms with Crippen LogP contribution in [0.3, 0.4) is 0 Å². The van der Waals surface area contributed by atoms with Gasteiger partial charge < -0.3 is 10.1 Å². The average Bonchev–Trinajstić information content (AvgIpc) is 2.38. The van der Waals surface area contributed by atoms with Gasteiger partial charge in [-0.05, 0) is 50.8 Å². The molecule has 0 amide bonds. The number of thioether (sulfide) groups is 1. The van der Waals surface area contributed by atoms with Crippen LogP contribution in [-0.4, -0.2) is 37.3 Å². The van der Waals surface area contributed by atoms with E-state index in [1.54, 1.807) is 0 Å². The van der Waals surface area contributed by atoms with Crippen molar-refractivity contribution in [1.82, 2.24) is 5.32 Å². The Morgan fingerprint density at radius 3 is 2.75 bits per heavy atom. The molecule has 2 aliphatic rings. The van der Waals surface area contributed by atoms with Gasteiger partial charge in [-0.15, -0.1) is 0 Å². The lowest BCUT2D eigenvalue weighted by Crippen LogP contribution is -2.39. The molecule has 1 saturated carbocycles. The molecule has 0 radical (unpaired) electrons. The van der Waals surface area contributed by atoms with Crippen LogP contribution in [0.1, 0.15) is 38.5 Å². The van der Waals surface area contributed by atoms with Gasteiger partial charge in [-0.1, -0.05) is 6.42 Å². The summed E-state index contributed by atoms with van der Waals surface area (Å²) in [7, 11) is 0. The summed E-state index contributed by atoms with van der Waals surface area (Å²) in [6.45, 7) is 3.17. The fourth-order valence-electron chi connectivity index (χ4n) is 2.83.